The first-order chi connectivity index (χ1) is 13.8. The fourth-order valence-corrected chi connectivity index (χ4v) is 4.82. The number of aliphatic hydroxyl groups excluding tert-OH is 1. The number of carbonyl (C=O) groups excluding carboxylic acids is 1. The van der Waals surface area contributed by atoms with Gasteiger partial charge in [0.25, 0.3) is 10.0 Å². The molecule has 0 atom stereocenters. The first-order valence-electron chi connectivity index (χ1n) is 8.73. The van der Waals surface area contributed by atoms with Gasteiger partial charge in [-0.15, -0.1) is 0 Å². The number of Topliss-reactive ketones (excluding diaryl/α,β-unsaturated/α-hetero) is 1. The van der Waals surface area contributed by atoms with Gasteiger partial charge >= 0.3 is 0 Å². The zero-order valence-electron chi connectivity index (χ0n) is 15.3. The molecule has 7 heteroatoms. The Hall–Kier alpha value is -3.09. The highest BCUT2D eigenvalue weighted by atomic mass is 35.5. The molecule has 0 saturated heterocycles. The number of rotatable bonds is 2. The second kappa shape index (κ2) is 7.06. The molecule has 3 aromatic carbocycles. The monoisotopic (exact) mass is 425 g/mol. The van der Waals surface area contributed by atoms with E-state index >= 15 is 0 Å². The number of benzene rings is 3. The molecule has 0 bridgehead atoms. The van der Waals surface area contributed by atoms with Gasteiger partial charge in [-0.25, -0.2) is 8.42 Å². The summed E-state index contributed by atoms with van der Waals surface area (Å²) < 4.78 is 26.5. The van der Waals surface area contributed by atoms with Crippen LogP contribution < -0.4 is 0 Å². The van der Waals surface area contributed by atoms with Crippen molar-refractivity contribution in [2.75, 3.05) is 7.05 Å². The van der Waals surface area contributed by atoms with Crippen molar-refractivity contribution < 1.29 is 18.3 Å². The van der Waals surface area contributed by atoms with E-state index < -0.39 is 21.6 Å². The van der Waals surface area contributed by atoms with Crippen LogP contribution in [0.1, 0.15) is 15.9 Å². The molecule has 0 fully saturated rings. The molecular formula is C22H16ClNO4S. The van der Waals surface area contributed by atoms with Crippen LogP contribution in [0.25, 0.3) is 16.9 Å². The zero-order chi connectivity index (χ0) is 20.8. The molecule has 5 nitrogen and oxygen atoms in total. The highest BCUT2D eigenvalue weighted by Gasteiger charge is 2.39. The SMILES string of the molecule is CN1C(=C(O)c2cccc(-c3ccc(Cl)cc3)c2)C(=O)c2ccccc2S1(=O)=O. The van der Waals surface area contributed by atoms with Crippen molar-refractivity contribution in [1.82, 2.24) is 4.31 Å². The molecule has 4 rings (SSSR count). The number of carbonyl (C=O) groups is 1. The van der Waals surface area contributed by atoms with Crippen molar-refractivity contribution >= 4 is 33.2 Å². The highest BCUT2D eigenvalue weighted by molar-refractivity contribution is 7.89. The number of fused-ring (bicyclic) bond motifs is 1. The molecule has 0 radical (unpaired) electrons. The van der Waals surface area contributed by atoms with Crippen molar-refractivity contribution in [3.05, 3.63) is 94.6 Å². The summed E-state index contributed by atoms with van der Waals surface area (Å²) >= 11 is 5.94. The van der Waals surface area contributed by atoms with E-state index in [4.69, 9.17) is 11.6 Å². The van der Waals surface area contributed by atoms with Gasteiger partial charge in [-0.1, -0.05) is 54.1 Å². The molecule has 0 aliphatic carbocycles. The van der Waals surface area contributed by atoms with Gasteiger partial charge in [0.1, 0.15) is 5.70 Å². The maximum Gasteiger partial charge on any atom is 0.265 e. The molecule has 1 heterocycles. The molecule has 146 valence electrons. The van der Waals surface area contributed by atoms with E-state index in [1.807, 2.05) is 18.2 Å². The van der Waals surface area contributed by atoms with Crippen molar-refractivity contribution in [2.45, 2.75) is 4.90 Å². The second-order valence-electron chi connectivity index (χ2n) is 6.58. The first-order valence-corrected chi connectivity index (χ1v) is 10.5. The Bertz CT molecular complexity index is 1260. The van der Waals surface area contributed by atoms with Crippen molar-refractivity contribution in [3.63, 3.8) is 0 Å². The minimum atomic E-state index is -3.94. The van der Waals surface area contributed by atoms with Gasteiger partial charge in [-0.3, -0.25) is 9.10 Å². The van der Waals surface area contributed by atoms with Crippen LogP contribution in [0.3, 0.4) is 0 Å². The predicted octanol–water partition coefficient (Wildman–Crippen LogP) is 4.75. The minimum Gasteiger partial charge on any atom is -0.505 e. The molecule has 1 N–H and O–H groups in total. The highest BCUT2D eigenvalue weighted by Crippen LogP contribution is 2.34. The number of nitrogens with zero attached hydrogens (tertiary/aromatic N) is 1. The summed E-state index contributed by atoms with van der Waals surface area (Å²) in [5.74, 6) is -0.946. The van der Waals surface area contributed by atoms with E-state index in [1.165, 1.54) is 19.2 Å². The molecule has 29 heavy (non-hydrogen) atoms. The Morgan fingerprint density at radius 2 is 1.62 bits per heavy atom. The zero-order valence-corrected chi connectivity index (χ0v) is 16.9. The predicted molar refractivity (Wildman–Crippen MR) is 112 cm³/mol. The number of aliphatic hydroxyl groups is 1. The van der Waals surface area contributed by atoms with E-state index in [2.05, 4.69) is 0 Å². The van der Waals surface area contributed by atoms with Gasteiger partial charge < -0.3 is 5.11 Å². The van der Waals surface area contributed by atoms with Crippen LogP contribution in [-0.4, -0.2) is 30.7 Å². The summed E-state index contributed by atoms with van der Waals surface area (Å²) in [7, 11) is -2.68. The van der Waals surface area contributed by atoms with Gasteiger partial charge in [-0.2, -0.15) is 0 Å². The van der Waals surface area contributed by atoms with E-state index in [1.54, 1.807) is 42.5 Å². The molecule has 3 aromatic rings. The standard InChI is InChI=1S/C22H16ClNO4S/c1-24-20(22(26)18-7-2-3-8-19(18)29(24,27)28)21(25)16-6-4-5-15(13-16)14-9-11-17(23)12-10-14/h2-13,25H,1H3. The van der Waals surface area contributed by atoms with Crippen molar-refractivity contribution in [1.29, 1.82) is 0 Å². The molecule has 1 aliphatic rings. The lowest BCUT2D eigenvalue weighted by atomic mass is 10.00. The van der Waals surface area contributed by atoms with Gasteiger partial charge in [0.2, 0.25) is 5.78 Å². The smallest absolute Gasteiger partial charge is 0.265 e. The normalized spacial score (nSPS) is 17.0. The maximum atomic E-state index is 13.0. The number of sulfonamides is 1. The van der Waals surface area contributed by atoms with Gasteiger partial charge in [0.05, 0.1) is 4.90 Å². The van der Waals surface area contributed by atoms with Crippen LogP contribution in [0.2, 0.25) is 5.02 Å². The average Bonchev–Trinajstić information content (AvgIpc) is 2.73. The van der Waals surface area contributed by atoms with Crippen LogP contribution >= 0.6 is 11.6 Å². The molecule has 0 aromatic heterocycles. The summed E-state index contributed by atoms with van der Waals surface area (Å²) in [4.78, 5) is 12.9. The molecule has 1 aliphatic heterocycles. The topological polar surface area (TPSA) is 74.7 Å². The minimum absolute atomic E-state index is 0.0426. The van der Waals surface area contributed by atoms with Gasteiger partial charge in [0.15, 0.2) is 5.76 Å². The van der Waals surface area contributed by atoms with Crippen molar-refractivity contribution in [3.8, 4) is 11.1 Å². The summed E-state index contributed by atoms with van der Waals surface area (Å²) in [6.07, 6.45) is 0. The van der Waals surface area contributed by atoms with Gasteiger partial charge in [0, 0.05) is 23.2 Å². The number of hydrogen-bond acceptors (Lipinski definition) is 4. The van der Waals surface area contributed by atoms with Crippen LogP contribution in [0.4, 0.5) is 0 Å². The number of allylic oxidation sites excluding steroid dienone is 1. The Morgan fingerprint density at radius 1 is 0.931 bits per heavy atom. The summed E-state index contributed by atoms with van der Waals surface area (Å²) in [5, 5.41) is 11.5. The third-order valence-corrected chi connectivity index (χ3v) is 6.91. The molecule has 0 unspecified atom stereocenters. The Balaban J connectivity index is 1.87. The lowest BCUT2D eigenvalue weighted by Crippen LogP contribution is -2.37. The summed E-state index contributed by atoms with van der Waals surface area (Å²) in [6.45, 7) is 0. The Labute approximate surface area is 173 Å². The lowest BCUT2D eigenvalue weighted by molar-refractivity contribution is 0.100. The van der Waals surface area contributed by atoms with E-state index in [0.29, 0.717) is 10.6 Å². The quantitative estimate of drug-likeness (QED) is 0.475. The maximum absolute atomic E-state index is 13.0. The van der Waals surface area contributed by atoms with Gasteiger partial charge in [-0.05, 0) is 41.5 Å². The van der Waals surface area contributed by atoms with E-state index in [9.17, 15) is 18.3 Å². The number of hydrogen-bond donors (Lipinski definition) is 1. The van der Waals surface area contributed by atoms with E-state index in [0.717, 1.165) is 15.4 Å². The van der Waals surface area contributed by atoms with Crippen LogP contribution in [0, 0.1) is 0 Å². The number of ketones is 1. The fraction of sp³-hybridized carbons (Fsp3) is 0.0455. The lowest BCUT2D eigenvalue weighted by Gasteiger charge is -2.28. The van der Waals surface area contributed by atoms with Crippen LogP contribution in [-0.2, 0) is 10.0 Å². The largest absolute Gasteiger partial charge is 0.505 e. The average molecular weight is 426 g/mol. The van der Waals surface area contributed by atoms with E-state index in [-0.39, 0.29) is 16.2 Å². The second-order valence-corrected chi connectivity index (χ2v) is 8.96. The summed E-state index contributed by atoms with van der Waals surface area (Å²) in [5.41, 5.74) is 1.76. The third kappa shape index (κ3) is 3.20. The Morgan fingerprint density at radius 3 is 2.34 bits per heavy atom. The Kier molecular flexibility index (Phi) is 4.68. The number of likely N-dealkylation sites (N-methyl/N-ethyl adjacent to an activating group) is 1. The van der Waals surface area contributed by atoms with Crippen molar-refractivity contribution in [2.24, 2.45) is 0 Å². The molecule has 0 spiro atoms. The summed E-state index contributed by atoms with van der Waals surface area (Å²) in [6, 6.07) is 20.1. The molecule has 0 saturated carbocycles. The molecular weight excluding hydrogens is 410 g/mol. The first kappa shape index (κ1) is 19.2. The van der Waals surface area contributed by atoms with Crippen LogP contribution in [0.5, 0.6) is 0 Å². The fourth-order valence-electron chi connectivity index (χ4n) is 3.30. The number of halogens is 1. The van der Waals surface area contributed by atoms with Crippen LogP contribution in [0.15, 0.2) is 83.4 Å². The third-order valence-electron chi connectivity index (χ3n) is 4.84. The molecule has 0 amide bonds.